The number of hydrogen-bond acceptors (Lipinski definition) is 5. The molecular formula is C22H15ClN4O3S. The maximum Gasteiger partial charge on any atom is 0.336 e. The van der Waals surface area contributed by atoms with Crippen LogP contribution in [0.15, 0.2) is 74.5 Å². The summed E-state index contributed by atoms with van der Waals surface area (Å²) < 4.78 is 4.44. The number of halogens is 1. The normalized spacial score (nSPS) is 11.4. The van der Waals surface area contributed by atoms with E-state index < -0.39 is 5.69 Å². The first-order chi connectivity index (χ1) is 14.9. The molecule has 1 aromatic carbocycles. The lowest BCUT2D eigenvalue weighted by Gasteiger charge is -2.12. The summed E-state index contributed by atoms with van der Waals surface area (Å²) in [5, 5.41) is 2.19. The van der Waals surface area contributed by atoms with E-state index in [-0.39, 0.29) is 17.7 Å². The van der Waals surface area contributed by atoms with E-state index in [4.69, 9.17) is 11.6 Å². The number of thiophene rings is 1. The standard InChI is InChI=1S/C22H15ClN4O3S/c1-13-2-5-16(6-3-13)27-21(29)20-17(8-9-31-20)25(22(27)30)12-15-10-19(28)26-11-14(23)4-7-18(26)24-15/h2-11H,12H2,1H3. The van der Waals surface area contributed by atoms with E-state index in [0.717, 1.165) is 10.1 Å². The Bertz CT molecular complexity index is 1640. The number of fused-ring (bicyclic) bond motifs is 2. The fraction of sp³-hybridized carbons (Fsp3) is 0.0909. The number of benzene rings is 1. The molecule has 154 valence electrons. The number of hydrogen-bond donors (Lipinski definition) is 0. The number of rotatable bonds is 3. The van der Waals surface area contributed by atoms with Crippen molar-refractivity contribution in [2.24, 2.45) is 0 Å². The molecule has 5 aromatic rings. The number of nitrogens with zero attached hydrogens (tertiary/aromatic N) is 4. The monoisotopic (exact) mass is 450 g/mol. The first kappa shape index (κ1) is 19.5. The molecule has 0 amide bonds. The van der Waals surface area contributed by atoms with E-state index in [1.165, 1.54) is 32.6 Å². The van der Waals surface area contributed by atoms with Gasteiger partial charge in [-0.05, 0) is 42.6 Å². The molecular weight excluding hydrogens is 436 g/mol. The minimum absolute atomic E-state index is 0.0482. The van der Waals surface area contributed by atoms with Crippen molar-refractivity contribution in [3.8, 4) is 5.69 Å². The topological polar surface area (TPSA) is 78.4 Å². The Labute approximate surface area is 184 Å². The van der Waals surface area contributed by atoms with E-state index in [1.807, 2.05) is 19.1 Å². The maximum absolute atomic E-state index is 13.4. The minimum atomic E-state index is -0.488. The molecule has 0 N–H and O–H groups in total. The van der Waals surface area contributed by atoms with Crippen molar-refractivity contribution in [1.29, 1.82) is 0 Å². The summed E-state index contributed by atoms with van der Waals surface area (Å²) in [4.78, 5) is 43.5. The van der Waals surface area contributed by atoms with Crippen LogP contribution in [-0.2, 0) is 6.54 Å². The van der Waals surface area contributed by atoms with Gasteiger partial charge in [0.15, 0.2) is 0 Å². The van der Waals surface area contributed by atoms with Crippen molar-refractivity contribution in [2.75, 3.05) is 0 Å². The first-order valence-corrected chi connectivity index (χ1v) is 10.7. The lowest BCUT2D eigenvalue weighted by molar-refractivity contribution is 0.701. The lowest BCUT2D eigenvalue weighted by atomic mass is 10.2. The largest absolute Gasteiger partial charge is 0.336 e. The predicted molar refractivity (Wildman–Crippen MR) is 122 cm³/mol. The Morgan fingerprint density at radius 3 is 2.58 bits per heavy atom. The van der Waals surface area contributed by atoms with Gasteiger partial charge in [0.2, 0.25) is 0 Å². The van der Waals surface area contributed by atoms with Crippen LogP contribution in [0, 0.1) is 6.92 Å². The van der Waals surface area contributed by atoms with Gasteiger partial charge >= 0.3 is 5.69 Å². The fourth-order valence-corrected chi connectivity index (χ4v) is 4.52. The van der Waals surface area contributed by atoms with E-state index in [2.05, 4.69) is 4.98 Å². The van der Waals surface area contributed by atoms with Gasteiger partial charge in [-0.25, -0.2) is 14.3 Å². The smallest absolute Gasteiger partial charge is 0.286 e. The molecule has 31 heavy (non-hydrogen) atoms. The van der Waals surface area contributed by atoms with Gasteiger partial charge in [0.05, 0.1) is 28.5 Å². The molecule has 0 aliphatic heterocycles. The van der Waals surface area contributed by atoms with Gasteiger partial charge in [0.25, 0.3) is 11.1 Å². The quantitative estimate of drug-likeness (QED) is 0.423. The molecule has 4 heterocycles. The highest BCUT2D eigenvalue weighted by Gasteiger charge is 2.17. The van der Waals surface area contributed by atoms with E-state index in [1.54, 1.807) is 35.7 Å². The molecule has 0 aliphatic rings. The molecule has 0 unspecified atom stereocenters. The zero-order valence-electron chi connectivity index (χ0n) is 16.3. The molecule has 0 fully saturated rings. The molecule has 9 heteroatoms. The second-order valence-electron chi connectivity index (χ2n) is 7.14. The van der Waals surface area contributed by atoms with Crippen LogP contribution in [0.5, 0.6) is 0 Å². The molecule has 0 spiro atoms. The summed E-state index contributed by atoms with van der Waals surface area (Å²) in [6, 6.07) is 13.6. The van der Waals surface area contributed by atoms with Gasteiger partial charge in [0, 0.05) is 12.3 Å². The van der Waals surface area contributed by atoms with Crippen molar-refractivity contribution in [2.45, 2.75) is 13.5 Å². The van der Waals surface area contributed by atoms with Crippen LogP contribution in [0.25, 0.3) is 21.6 Å². The van der Waals surface area contributed by atoms with Crippen LogP contribution in [0.1, 0.15) is 11.3 Å². The SMILES string of the molecule is Cc1ccc(-n2c(=O)c3sccc3n(Cc3cc(=O)n4cc(Cl)ccc4n3)c2=O)cc1. The van der Waals surface area contributed by atoms with Crippen LogP contribution >= 0.6 is 22.9 Å². The van der Waals surface area contributed by atoms with Crippen LogP contribution < -0.4 is 16.8 Å². The third kappa shape index (κ3) is 3.30. The van der Waals surface area contributed by atoms with Crippen LogP contribution in [0.3, 0.4) is 0 Å². The van der Waals surface area contributed by atoms with Crippen LogP contribution in [0.4, 0.5) is 0 Å². The van der Waals surface area contributed by atoms with Gasteiger partial charge in [-0.1, -0.05) is 29.3 Å². The second kappa shape index (κ2) is 7.33. The van der Waals surface area contributed by atoms with Gasteiger partial charge < -0.3 is 0 Å². The summed E-state index contributed by atoms with van der Waals surface area (Å²) in [5.41, 5.74) is 1.71. The molecule has 0 saturated heterocycles. The Morgan fingerprint density at radius 2 is 1.81 bits per heavy atom. The zero-order valence-corrected chi connectivity index (χ0v) is 17.9. The average molecular weight is 451 g/mol. The van der Waals surface area contributed by atoms with Gasteiger partial charge in [0.1, 0.15) is 10.3 Å². The van der Waals surface area contributed by atoms with E-state index in [9.17, 15) is 14.4 Å². The highest BCUT2D eigenvalue weighted by Crippen LogP contribution is 2.18. The van der Waals surface area contributed by atoms with Gasteiger partial charge in [-0.15, -0.1) is 11.3 Å². The Balaban J connectivity index is 1.73. The fourth-order valence-electron chi connectivity index (χ4n) is 3.53. The van der Waals surface area contributed by atoms with E-state index in [0.29, 0.717) is 32.3 Å². The van der Waals surface area contributed by atoms with Crippen molar-refractivity contribution < 1.29 is 0 Å². The van der Waals surface area contributed by atoms with Crippen LogP contribution in [0.2, 0.25) is 5.02 Å². The van der Waals surface area contributed by atoms with Crippen molar-refractivity contribution >= 4 is 38.8 Å². The Kier molecular flexibility index (Phi) is 4.60. The second-order valence-corrected chi connectivity index (χ2v) is 8.49. The van der Waals surface area contributed by atoms with E-state index >= 15 is 0 Å². The predicted octanol–water partition coefficient (Wildman–Crippen LogP) is 3.23. The maximum atomic E-state index is 13.4. The molecule has 0 aliphatic carbocycles. The molecule has 0 radical (unpaired) electrons. The third-order valence-electron chi connectivity index (χ3n) is 5.04. The van der Waals surface area contributed by atoms with Gasteiger partial charge in [-0.3, -0.25) is 18.6 Å². The highest BCUT2D eigenvalue weighted by atomic mass is 35.5. The average Bonchev–Trinajstić information content (AvgIpc) is 3.23. The summed E-state index contributed by atoms with van der Waals surface area (Å²) in [6.45, 7) is 1.98. The minimum Gasteiger partial charge on any atom is -0.286 e. The molecule has 4 aromatic heterocycles. The molecule has 0 saturated carbocycles. The summed E-state index contributed by atoms with van der Waals surface area (Å²) in [5.74, 6) is 0. The molecule has 0 bridgehead atoms. The number of aryl methyl sites for hydroxylation is 1. The molecule has 5 rings (SSSR count). The van der Waals surface area contributed by atoms with Crippen molar-refractivity contribution in [3.05, 3.63) is 108 Å². The first-order valence-electron chi connectivity index (χ1n) is 9.40. The molecule has 7 nitrogen and oxygen atoms in total. The zero-order chi connectivity index (χ0) is 21.7. The molecule has 0 atom stereocenters. The number of aromatic nitrogens is 4. The summed E-state index contributed by atoms with van der Waals surface area (Å²) in [6.07, 6.45) is 1.50. The highest BCUT2D eigenvalue weighted by molar-refractivity contribution is 7.17. The lowest BCUT2D eigenvalue weighted by Crippen LogP contribution is -2.39. The van der Waals surface area contributed by atoms with Gasteiger partial charge in [-0.2, -0.15) is 0 Å². The summed E-state index contributed by atoms with van der Waals surface area (Å²) in [7, 11) is 0. The van der Waals surface area contributed by atoms with Crippen LogP contribution in [-0.4, -0.2) is 18.5 Å². The Morgan fingerprint density at radius 1 is 1.03 bits per heavy atom. The van der Waals surface area contributed by atoms with Crippen molar-refractivity contribution in [3.63, 3.8) is 0 Å². The van der Waals surface area contributed by atoms with Crippen molar-refractivity contribution in [1.82, 2.24) is 18.5 Å². The number of pyridine rings is 1. The third-order valence-corrected chi connectivity index (χ3v) is 6.16. The Hall–Kier alpha value is -3.49. The summed E-state index contributed by atoms with van der Waals surface area (Å²) >= 11 is 7.24.